The molecule has 0 bridgehead atoms. The van der Waals surface area contributed by atoms with E-state index >= 15 is 0 Å². The van der Waals surface area contributed by atoms with Crippen molar-refractivity contribution in [1.29, 1.82) is 0 Å². The molecule has 0 unspecified atom stereocenters. The molecular weight excluding hydrogens is 462 g/mol. The second-order valence-corrected chi connectivity index (χ2v) is 8.62. The summed E-state index contributed by atoms with van der Waals surface area (Å²) >= 11 is 9.59. The molecule has 3 nitrogen and oxygen atoms in total. The highest BCUT2D eigenvalue weighted by Gasteiger charge is 2.13. The lowest BCUT2D eigenvalue weighted by molar-refractivity contribution is 0.282. The SMILES string of the molecule is COc1cc(CN[C@@H](C)CCc2ccccc2)cc(Br)c1OCc1ccc(Cl)cc1. The van der Waals surface area contributed by atoms with E-state index in [4.69, 9.17) is 21.1 Å². The summed E-state index contributed by atoms with van der Waals surface area (Å²) in [6.07, 6.45) is 2.16. The van der Waals surface area contributed by atoms with Gasteiger partial charge in [0.25, 0.3) is 0 Å². The van der Waals surface area contributed by atoms with E-state index < -0.39 is 0 Å². The summed E-state index contributed by atoms with van der Waals surface area (Å²) in [5.41, 5.74) is 3.56. The second kappa shape index (κ2) is 11.4. The van der Waals surface area contributed by atoms with Gasteiger partial charge in [0.05, 0.1) is 11.6 Å². The van der Waals surface area contributed by atoms with Crippen LogP contribution in [0, 0.1) is 0 Å². The van der Waals surface area contributed by atoms with Crippen molar-refractivity contribution in [1.82, 2.24) is 5.32 Å². The number of halogens is 2. The Morgan fingerprint density at radius 1 is 0.967 bits per heavy atom. The monoisotopic (exact) mass is 487 g/mol. The molecule has 30 heavy (non-hydrogen) atoms. The lowest BCUT2D eigenvalue weighted by Crippen LogP contribution is -2.26. The van der Waals surface area contributed by atoms with Crippen LogP contribution in [0.25, 0.3) is 0 Å². The Hall–Kier alpha value is -2.01. The molecular formula is C25H27BrClNO2. The van der Waals surface area contributed by atoms with Gasteiger partial charge in [-0.05, 0) is 76.7 Å². The Kier molecular flexibility index (Phi) is 8.61. The van der Waals surface area contributed by atoms with Crippen molar-refractivity contribution in [2.24, 2.45) is 0 Å². The number of ether oxygens (including phenoxy) is 2. The fourth-order valence-electron chi connectivity index (χ4n) is 3.17. The minimum absolute atomic E-state index is 0.413. The quantitative estimate of drug-likeness (QED) is 0.340. The summed E-state index contributed by atoms with van der Waals surface area (Å²) in [6, 6.07) is 22.7. The molecule has 0 spiro atoms. The number of hydrogen-bond acceptors (Lipinski definition) is 3. The molecule has 3 rings (SSSR count). The molecule has 0 aromatic heterocycles. The number of hydrogen-bond donors (Lipinski definition) is 1. The Morgan fingerprint density at radius 2 is 1.70 bits per heavy atom. The fraction of sp³-hybridized carbons (Fsp3) is 0.280. The molecule has 3 aromatic carbocycles. The predicted molar refractivity (Wildman–Crippen MR) is 128 cm³/mol. The van der Waals surface area contributed by atoms with Crippen molar-refractivity contribution in [3.05, 3.63) is 92.9 Å². The van der Waals surface area contributed by atoms with Gasteiger partial charge in [-0.2, -0.15) is 0 Å². The minimum atomic E-state index is 0.413. The van der Waals surface area contributed by atoms with Gasteiger partial charge >= 0.3 is 0 Å². The standard InChI is InChI=1S/C25H27BrClNO2/c1-18(8-9-19-6-4-3-5-7-19)28-16-21-14-23(26)25(24(15-21)29-2)30-17-20-10-12-22(27)13-11-20/h3-7,10-15,18,28H,8-9,16-17H2,1-2H3/t18-/m0/s1. The van der Waals surface area contributed by atoms with Gasteiger partial charge in [0.2, 0.25) is 0 Å². The molecule has 0 aliphatic rings. The third-order valence-corrected chi connectivity index (χ3v) is 5.79. The van der Waals surface area contributed by atoms with E-state index in [1.165, 1.54) is 5.56 Å². The van der Waals surface area contributed by atoms with Crippen LogP contribution in [0.2, 0.25) is 5.02 Å². The summed E-state index contributed by atoms with van der Waals surface area (Å²) in [7, 11) is 1.66. The average Bonchev–Trinajstić information content (AvgIpc) is 2.77. The molecule has 0 aliphatic heterocycles. The Balaban J connectivity index is 1.56. The van der Waals surface area contributed by atoms with Crippen molar-refractivity contribution < 1.29 is 9.47 Å². The largest absolute Gasteiger partial charge is 0.493 e. The molecule has 3 aromatic rings. The van der Waals surface area contributed by atoms with Gasteiger partial charge in [0.1, 0.15) is 6.61 Å². The normalized spacial score (nSPS) is 11.9. The first-order chi connectivity index (χ1) is 14.5. The summed E-state index contributed by atoms with van der Waals surface area (Å²) in [5, 5.41) is 4.32. The zero-order valence-electron chi connectivity index (χ0n) is 17.3. The van der Waals surface area contributed by atoms with Gasteiger partial charge in [-0.1, -0.05) is 54.1 Å². The van der Waals surface area contributed by atoms with Crippen LogP contribution in [-0.4, -0.2) is 13.2 Å². The van der Waals surface area contributed by atoms with Crippen molar-refractivity contribution in [3.63, 3.8) is 0 Å². The lowest BCUT2D eigenvalue weighted by Gasteiger charge is -2.17. The minimum Gasteiger partial charge on any atom is -0.493 e. The Bertz CT molecular complexity index is 932. The van der Waals surface area contributed by atoms with E-state index in [9.17, 15) is 0 Å². The third-order valence-electron chi connectivity index (χ3n) is 4.95. The van der Waals surface area contributed by atoms with E-state index in [2.05, 4.69) is 64.6 Å². The van der Waals surface area contributed by atoms with E-state index in [-0.39, 0.29) is 0 Å². The van der Waals surface area contributed by atoms with Gasteiger partial charge in [-0.3, -0.25) is 0 Å². The molecule has 158 valence electrons. The predicted octanol–water partition coefficient (Wildman–Crippen LogP) is 6.80. The second-order valence-electron chi connectivity index (χ2n) is 7.33. The highest BCUT2D eigenvalue weighted by molar-refractivity contribution is 9.10. The molecule has 1 atom stereocenters. The molecule has 0 heterocycles. The van der Waals surface area contributed by atoms with Crippen LogP contribution >= 0.6 is 27.5 Å². The van der Waals surface area contributed by atoms with Gasteiger partial charge in [-0.25, -0.2) is 0 Å². The maximum absolute atomic E-state index is 6.02. The molecule has 0 fully saturated rings. The van der Waals surface area contributed by atoms with Crippen molar-refractivity contribution in [2.75, 3.05) is 7.11 Å². The van der Waals surface area contributed by atoms with Crippen molar-refractivity contribution >= 4 is 27.5 Å². The van der Waals surface area contributed by atoms with Crippen molar-refractivity contribution in [2.45, 2.75) is 39.0 Å². The molecule has 0 amide bonds. The first-order valence-corrected chi connectivity index (χ1v) is 11.2. The topological polar surface area (TPSA) is 30.5 Å². The van der Waals surface area contributed by atoms with E-state index in [1.54, 1.807) is 7.11 Å². The molecule has 0 radical (unpaired) electrons. The average molecular weight is 489 g/mol. The van der Waals surface area contributed by atoms with Crippen LogP contribution in [0.15, 0.2) is 71.2 Å². The van der Waals surface area contributed by atoms with Crippen LogP contribution in [0.5, 0.6) is 11.5 Å². The van der Waals surface area contributed by atoms with Gasteiger partial charge in [0.15, 0.2) is 11.5 Å². The number of benzene rings is 3. The van der Waals surface area contributed by atoms with Gasteiger partial charge in [0, 0.05) is 17.6 Å². The first kappa shape index (κ1) is 22.7. The van der Waals surface area contributed by atoms with Crippen LogP contribution in [0.4, 0.5) is 0 Å². The number of nitrogens with one attached hydrogen (secondary N) is 1. The summed E-state index contributed by atoms with van der Waals surface area (Å²) < 4.78 is 12.5. The molecule has 1 N–H and O–H groups in total. The van der Waals surface area contributed by atoms with Gasteiger partial charge in [-0.15, -0.1) is 0 Å². The molecule has 0 saturated carbocycles. The molecule has 0 aliphatic carbocycles. The van der Waals surface area contributed by atoms with Crippen molar-refractivity contribution in [3.8, 4) is 11.5 Å². The number of aryl methyl sites for hydroxylation is 1. The van der Waals surface area contributed by atoms with Crippen LogP contribution in [0.1, 0.15) is 30.0 Å². The zero-order chi connectivity index (χ0) is 21.3. The zero-order valence-corrected chi connectivity index (χ0v) is 19.7. The lowest BCUT2D eigenvalue weighted by atomic mass is 10.1. The number of methoxy groups -OCH3 is 1. The highest BCUT2D eigenvalue weighted by atomic mass is 79.9. The Morgan fingerprint density at radius 3 is 2.40 bits per heavy atom. The van der Waals surface area contributed by atoms with Crippen LogP contribution < -0.4 is 14.8 Å². The summed E-state index contributed by atoms with van der Waals surface area (Å²) in [4.78, 5) is 0. The first-order valence-electron chi connectivity index (χ1n) is 10.1. The number of rotatable bonds is 10. The Labute approximate surface area is 192 Å². The van der Waals surface area contributed by atoms with Crippen LogP contribution in [-0.2, 0) is 19.6 Å². The third kappa shape index (κ3) is 6.76. The van der Waals surface area contributed by atoms with E-state index in [1.807, 2.05) is 30.3 Å². The fourth-order valence-corrected chi connectivity index (χ4v) is 3.90. The highest BCUT2D eigenvalue weighted by Crippen LogP contribution is 2.37. The summed E-state index contributed by atoms with van der Waals surface area (Å²) in [5.74, 6) is 1.42. The molecule has 0 saturated heterocycles. The smallest absolute Gasteiger partial charge is 0.175 e. The maximum Gasteiger partial charge on any atom is 0.175 e. The van der Waals surface area contributed by atoms with E-state index in [0.717, 1.165) is 35.0 Å². The summed E-state index contributed by atoms with van der Waals surface area (Å²) in [6.45, 7) is 3.43. The van der Waals surface area contributed by atoms with Gasteiger partial charge < -0.3 is 14.8 Å². The van der Waals surface area contributed by atoms with Crippen LogP contribution in [0.3, 0.4) is 0 Å². The maximum atomic E-state index is 6.02. The molecule has 5 heteroatoms. The van der Waals surface area contributed by atoms with E-state index in [0.29, 0.717) is 29.2 Å².